The molecular formula is C11H14N6. The van der Waals surface area contributed by atoms with Crippen LogP contribution in [0, 0.1) is 0 Å². The van der Waals surface area contributed by atoms with Crippen LogP contribution >= 0.6 is 0 Å². The summed E-state index contributed by atoms with van der Waals surface area (Å²) in [7, 11) is 3.81. The molecule has 0 saturated heterocycles. The highest BCUT2D eigenvalue weighted by molar-refractivity contribution is 5.40. The van der Waals surface area contributed by atoms with Crippen molar-refractivity contribution in [3.05, 3.63) is 36.3 Å². The zero-order chi connectivity index (χ0) is 12.1. The molecule has 88 valence electrons. The number of nitrogens with one attached hydrogen (secondary N) is 1. The zero-order valence-electron chi connectivity index (χ0n) is 9.83. The van der Waals surface area contributed by atoms with E-state index in [0.717, 1.165) is 11.5 Å². The van der Waals surface area contributed by atoms with Crippen molar-refractivity contribution in [1.82, 2.24) is 20.2 Å². The van der Waals surface area contributed by atoms with Gasteiger partial charge in [-0.1, -0.05) is 0 Å². The molecule has 2 rings (SSSR count). The molecule has 1 N–H and O–H groups in total. The lowest BCUT2D eigenvalue weighted by molar-refractivity contribution is 0.915. The van der Waals surface area contributed by atoms with Crippen molar-refractivity contribution >= 4 is 11.8 Å². The Morgan fingerprint density at radius 2 is 2.12 bits per heavy atom. The van der Waals surface area contributed by atoms with Crippen LogP contribution in [-0.2, 0) is 6.54 Å². The van der Waals surface area contributed by atoms with Crippen LogP contribution in [0.3, 0.4) is 0 Å². The first kappa shape index (κ1) is 11.3. The fourth-order valence-corrected chi connectivity index (χ4v) is 1.27. The van der Waals surface area contributed by atoms with E-state index in [1.165, 1.54) is 0 Å². The smallest absolute Gasteiger partial charge is 0.226 e. The highest BCUT2D eigenvalue weighted by Crippen LogP contribution is 2.08. The van der Waals surface area contributed by atoms with E-state index in [2.05, 4.69) is 25.5 Å². The summed E-state index contributed by atoms with van der Waals surface area (Å²) in [6.07, 6.45) is 3.37. The molecule has 0 unspecified atom stereocenters. The number of hydrogen-bond acceptors (Lipinski definition) is 6. The first-order valence-electron chi connectivity index (χ1n) is 5.26. The first-order chi connectivity index (χ1) is 8.25. The van der Waals surface area contributed by atoms with Crippen molar-refractivity contribution in [1.29, 1.82) is 0 Å². The molecule has 0 aromatic carbocycles. The second-order valence-electron chi connectivity index (χ2n) is 3.70. The van der Waals surface area contributed by atoms with Gasteiger partial charge in [0.25, 0.3) is 0 Å². The molecule has 0 aliphatic rings. The molecule has 6 heteroatoms. The highest BCUT2D eigenvalue weighted by atomic mass is 15.2. The summed E-state index contributed by atoms with van der Waals surface area (Å²) in [5, 5.41) is 11.0. The van der Waals surface area contributed by atoms with E-state index in [-0.39, 0.29) is 0 Å². The van der Waals surface area contributed by atoms with E-state index in [9.17, 15) is 0 Å². The van der Waals surface area contributed by atoms with Crippen molar-refractivity contribution in [2.75, 3.05) is 24.3 Å². The van der Waals surface area contributed by atoms with Gasteiger partial charge < -0.3 is 10.2 Å². The maximum atomic E-state index is 4.34. The molecular weight excluding hydrogens is 216 g/mol. The number of rotatable bonds is 4. The minimum absolute atomic E-state index is 0.595. The minimum atomic E-state index is 0.595. The van der Waals surface area contributed by atoms with Crippen LogP contribution < -0.4 is 10.2 Å². The molecule has 17 heavy (non-hydrogen) atoms. The van der Waals surface area contributed by atoms with E-state index in [1.54, 1.807) is 12.4 Å². The fourth-order valence-electron chi connectivity index (χ4n) is 1.27. The largest absolute Gasteiger partial charge is 0.364 e. The van der Waals surface area contributed by atoms with Crippen LogP contribution in [0.5, 0.6) is 0 Å². The van der Waals surface area contributed by atoms with Crippen LogP contribution in [0.2, 0.25) is 0 Å². The summed E-state index contributed by atoms with van der Waals surface area (Å²) in [6.45, 7) is 0.595. The third-order valence-corrected chi connectivity index (χ3v) is 2.12. The van der Waals surface area contributed by atoms with Gasteiger partial charge in [0.05, 0.1) is 12.2 Å². The highest BCUT2D eigenvalue weighted by Gasteiger charge is 2.01. The average molecular weight is 230 g/mol. The second kappa shape index (κ2) is 5.20. The van der Waals surface area contributed by atoms with Crippen molar-refractivity contribution in [2.45, 2.75) is 6.54 Å². The van der Waals surface area contributed by atoms with Gasteiger partial charge in [-0.05, 0) is 18.2 Å². The Bertz CT molecular complexity index is 470. The third kappa shape index (κ3) is 3.10. The van der Waals surface area contributed by atoms with Gasteiger partial charge in [-0.2, -0.15) is 15.2 Å². The zero-order valence-corrected chi connectivity index (χ0v) is 9.83. The summed E-state index contributed by atoms with van der Waals surface area (Å²) in [5.74, 6) is 1.45. The van der Waals surface area contributed by atoms with Crippen molar-refractivity contribution in [3.63, 3.8) is 0 Å². The summed E-state index contributed by atoms with van der Waals surface area (Å²) in [4.78, 5) is 10.3. The Morgan fingerprint density at radius 3 is 2.82 bits per heavy atom. The van der Waals surface area contributed by atoms with Crippen LogP contribution in [0.4, 0.5) is 11.8 Å². The molecule has 2 heterocycles. The minimum Gasteiger partial charge on any atom is -0.364 e. The van der Waals surface area contributed by atoms with Gasteiger partial charge in [0.15, 0.2) is 0 Å². The molecule has 2 aromatic heterocycles. The number of aromatic nitrogens is 4. The molecule has 0 bridgehead atoms. The maximum Gasteiger partial charge on any atom is 0.226 e. The van der Waals surface area contributed by atoms with Gasteiger partial charge in [0.2, 0.25) is 5.95 Å². The molecule has 2 aromatic rings. The van der Waals surface area contributed by atoms with E-state index in [4.69, 9.17) is 0 Å². The number of anilines is 2. The van der Waals surface area contributed by atoms with Crippen LogP contribution in [0.25, 0.3) is 0 Å². The molecule has 0 fully saturated rings. The molecule has 0 aliphatic heterocycles. The SMILES string of the molecule is CN(C)c1nccc(NCc2cccnn2)n1. The number of nitrogens with zero attached hydrogens (tertiary/aromatic N) is 5. The Hall–Kier alpha value is -2.24. The van der Waals surface area contributed by atoms with E-state index in [1.807, 2.05) is 37.2 Å². The number of hydrogen-bond donors (Lipinski definition) is 1. The third-order valence-electron chi connectivity index (χ3n) is 2.12. The molecule has 0 atom stereocenters. The van der Waals surface area contributed by atoms with E-state index < -0.39 is 0 Å². The van der Waals surface area contributed by atoms with E-state index >= 15 is 0 Å². The Labute approximate surface area is 99.7 Å². The lowest BCUT2D eigenvalue weighted by atomic mass is 10.4. The van der Waals surface area contributed by atoms with Gasteiger partial charge >= 0.3 is 0 Å². The van der Waals surface area contributed by atoms with Crippen LogP contribution in [0.15, 0.2) is 30.6 Å². The lowest BCUT2D eigenvalue weighted by Gasteiger charge is -2.11. The predicted molar refractivity (Wildman–Crippen MR) is 65.7 cm³/mol. The van der Waals surface area contributed by atoms with Gasteiger partial charge in [-0.25, -0.2) is 4.98 Å². The van der Waals surface area contributed by atoms with Crippen molar-refractivity contribution < 1.29 is 0 Å². The van der Waals surface area contributed by atoms with Crippen molar-refractivity contribution in [3.8, 4) is 0 Å². The van der Waals surface area contributed by atoms with E-state index in [0.29, 0.717) is 12.5 Å². The summed E-state index contributed by atoms with van der Waals surface area (Å²) < 4.78 is 0. The molecule has 0 saturated carbocycles. The Balaban J connectivity index is 2.02. The second-order valence-corrected chi connectivity index (χ2v) is 3.70. The normalized spacial score (nSPS) is 10.0. The topological polar surface area (TPSA) is 66.8 Å². The quantitative estimate of drug-likeness (QED) is 0.843. The standard InChI is InChI=1S/C11H14N6/c1-17(2)11-12-7-5-10(15-11)13-8-9-4-3-6-14-16-9/h3-7H,8H2,1-2H3,(H,12,13,15). The molecule has 0 aliphatic carbocycles. The maximum absolute atomic E-state index is 4.34. The molecule has 0 radical (unpaired) electrons. The van der Waals surface area contributed by atoms with Crippen molar-refractivity contribution in [2.24, 2.45) is 0 Å². The van der Waals surface area contributed by atoms with Crippen LogP contribution in [0.1, 0.15) is 5.69 Å². The summed E-state index contributed by atoms with van der Waals surface area (Å²) in [5.41, 5.74) is 0.873. The van der Waals surface area contributed by atoms with Crippen LogP contribution in [-0.4, -0.2) is 34.3 Å². The monoisotopic (exact) mass is 230 g/mol. The van der Waals surface area contributed by atoms with Gasteiger partial charge in [-0.3, -0.25) is 0 Å². The molecule has 0 spiro atoms. The summed E-state index contributed by atoms with van der Waals surface area (Å²) >= 11 is 0. The lowest BCUT2D eigenvalue weighted by Crippen LogP contribution is -2.13. The fraction of sp³-hybridized carbons (Fsp3) is 0.273. The molecule has 6 nitrogen and oxygen atoms in total. The summed E-state index contributed by atoms with van der Waals surface area (Å²) in [6, 6.07) is 5.59. The Morgan fingerprint density at radius 1 is 1.24 bits per heavy atom. The molecule has 0 amide bonds. The van der Waals surface area contributed by atoms with Gasteiger partial charge in [0.1, 0.15) is 5.82 Å². The Kier molecular flexibility index (Phi) is 3.44. The first-order valence-corrected chi connectivity index (χ1v) is 5.26. The average Bonchev–Trinajstić information content (AvgIpc) is 2.38. The predicted octanol–water partition coefficient (Wildman–Crippen LogP) is 0.945. The van der Waals surface area contributed by atoms with Gasteiger partial charge in [-0.15, -0.1) is 0 Å². The van der Waals surface area contributed by atoms with Gasteiger partial charge in [0, 0.05) is 26.5 Å².